The van der Waals surface area contributed by atoms with Crippen LogP contribution < -0.4 is 0 Å². The van der Waals surface area contributed by atoms with E-state index in [4.69, 9.17) is 0 Å². The molecule has 1 N–H and O–H groups in total. The number of hydrogen-bond donors (Lipinski definition) is 1. The van der Waals surface area contributed by atoms with Crippen molar-refractivity contribution in [3.05, 3.63) is 36.0 Å². The molecule has 0 aromatic rings. The highest BCUT2D eigenvalue weighted by Crippen LogP contribution is 2.40. The summed E-state index contributed by atoms with van der Waals surface area (Å²) in [5.74, 6) is 0.411. The number of aliphatic hydroxyl groups is 1. The average Bonchev–Trinajstić information content (AvgIpc) is 2.18. The molecule has 0 bridgehead atoms. The van der Waals surface area contributed by atoms with Crippen molar-refractivity contribution >= 4 is 8.07 Å². The second kappa shape index (κ2) is 5.80. The SMILES string of the molecule is C=C(C[C@@]1(O)C[C@H](C(=C)C)CC=C1C)C[Si](C)(C)C. The van der Waals surface area contributed by atoms with Gasteiger partial charge in [0.05, 0.1) is 5.60 Å². The molecule has 19 heavy (non-hydrogen) atoms. The zero-order valence-corrected chi connectivity index (χ0v) is 14.3. The summed E-state index contributed by atoms with van der Waals surface area (Å²) in [5, 5.41) is 11.0. The van der Waals surface area contributed by atoms with E-state index in [-0.39, 0.29) is 0 Å². The maximum atomic E-state index is 11.0. The van der Waals surface area contributed by atoms with E-state index in [0.29, 0.717) is 12.3 Å². The van der Waals surface area contributed by atoms with E-state index in [1.165, 1.54) is 11.1 Å². The molecule has 2 heteroatoms. The normalized spacial score (nSPS) is 27.9. The van der Waals surface area contributed by atoms with Gasteiger partial charge in [-0.2, -0.15) is 0 Å². The highest BCUT2D eigenvalue weighted by molar-refractivity contribution is 6.76. The van der Waals surface area contributed by atoms with Gasteiger partial charge >= 0.3 is 0 Å². The van der Waals surface area contributed by atoms with Crippen LogP contribution in [0, 0.1) is 5.92 Å². The van der Waals surface area contributed by atoms with Crippen LogP contribution >= 0.6 is 0 Å². The Hall–Kier alpha value is -0.603. The molecule has 1 rings (SSSR count). The summed E-state index contributed by atoms with van der Waals surface area (Å²) >= 11 is 0. The second-order valence-electron chi connectivity index (χ2n) is 7.57. The number of rotatable bonds is 5. The maximum Gasteiger partial charge on any atom is 0.0896 e. The van der Waals surface area contributed by atoms with Crippen molar-refractivity contribution in [1.29, 1.82) is 0 Å². The van der Waals surface area contributed by atoms with Crippen LogP contribution in [-0.2, 0) is 0 Å². The van der Waals surface area contributed by atoms with Gasteiger partial charge in [0.2, 0.25) is 0 Å². The first-order valence-corrected chi connectivity index (χ1v) is 11.0. The predicted octanol–water partition coefficient (Wildman–Crippen LogP) is 4.93. The molecule has 0 unspecified atom stereocenters. The van der Waals surface area contributed by atoms with Gasteiger partial charge in [0.15, 0.2) is 0 Å². The molecule has 0 aromatic carbocycles. The van der Waals surface area contributed by atoms with Crippen molar-refractivity contribution in [2.75, 3.05) is 0 Å². The third-order valence-corrected chi connectivity index (χ3v) is 5.61. The van der Waals surface area contributed by atoms with Crippen LogP contribution in [0.1, 0.15) is 33.1 Å². The van der Waals surface area contributed by atoms with Gasteiger partial charge in [0, 0.05) is 14.5 Å². The van der Waals surface area contributed by atoms with Gasteiger partial charge in [-0.25, -0.2) is 0 Å². The molecule has 108 valence electrons. The molecule has 2 atom stereocenters. The first-order chi connectivity index (χ1) is 8.53. The lowest BCUT2D eigenvalue weighted by molar-refractivity contribution is 0.0498. The molecule has 0 saturated carbocycles. The van der Waals surface area contributed by atoms with E-state index >= 15 is 0 Å². The van der Waals surface area contributed by atoms with Gasteiger partial charge in [0.25, 0.3) is 0 Å². The molecule has 1 nitrogen and oxygen atoms in total. The van der Waals surface area contributed by atoms with Gasteiger partial charge in [-0.05, 0) is 44.2 Å². The minimum absolute atomic E-state index is 0.411. The van der Waals surface area contributed by atoms with Crippen molar-refractivity contribution in [2.24, 2.45) is 5.92 Å². The van der Waals surface area contributed by atoms with Crippen LogP contribution in [0.25, 0.3) is 0 Å². The van der Waals surface area contributed by atoms with Gasteiger partial charge < -0.3 is 5.11 Å². The molecule has 0 radical (unpaired) electrons. The fourth-order valence-corrected chi connectivity index (χ4v) is 4.60. The van der Waals surface area contributed by atoms with Gasteiger partial charge in [-0.1, -0.05) is 43.4 Å². The Labute approximate surface area is 120 Å². The fraction of sp³-hybridized carbons (Fsp3) is 0.647. The summed E-state index contributed by atoms with van der Waals surface area (Å²) in [6.07, 6.45) is 4.72. The predicted molar refractivity (Wildman–Crippen MR) is 88.2 cm³/mol. The number of allylic oxidation sites excluding steroid dienone is 2. The Morgan fingerprint density at radius 3 is 2.47 bits per heavy atom. The van der Waals surface area contributed by atoms with E-state index in [9.17, 15) is 5.11 Å². The molecule has 1 aliphatic carbocycles. The van der Waals surface area contributed by atoms with Crippen molar-refractivity contribution in [3.8, 4) is 0 Å². The van der Waals surface area contributed by atoms with Gasteiger partial charge in [-0.3, -0.25) is 0 Å². The van der Waals surface area contributed by atoms with Crippen LogP contribution in [0.15, 0.2) is 36.0 Å². The monoisotopic (exact) mass is 278 g/mol. The number of hydrogen-bond acceptors (Lipinski definition) is 1. The van der Waals surface area contributed by atoms with Crippen LogP contribution in [-0.4, -0.2) is 18.8 Å². The van der Waals surface area contributed by atoms with Crippen molar-refractivity contribution in [2.45, 2.75) is 64.4 Å². The van der Waals surface area contributed by atoms with Crippen molar-refractivity contribution in [1.82, 2.24) is 0 Å². The molecule has 0 spiro atoms. The highest BCUT2D eigenvalue weighted by atomic mass is 28.3. The molecule has 0 saturated heterocycles. The first kappa shape index (κ1) is 16.5. The molecule has 0 aromatic heterocycles. The Balaban J connectivity index is 2.79. The third-order valence-electron chi connectivity index (χ3n) is 4.05. The summed E-state index contributed by atoms with van der Waals surface area (Å²) < 4.78 is 0. The fourth-order valence-electron chi connectivity index (χ4n) is 2.97. The van der Waals surface area contributed by atoms with E-state index in [2.05, 4.69) is 52.7 Å². The largest absolute Gasteiger partial charge is 0.385 e. The van der Waals surface area contributed by atoms with Crippen LogP contribution in [0.5, 0.6) is 0 Å². The Bertz CT molecular complexity index is 400. The molecule has 0 heterocycles. The Morgan fingerprint density at radius 2 is 2.00 bits per heavy atom. The van der Waals surface area contributed by atoms with Crippen LogP contribution in [0.4, 0.5) is 0 Å². The van der Waals surface area contributed by atoms with Gasteiger partial charge in [0.1, 0.15) is 0 Å². The van der Waals surface area contributed by atoms with E-state index in [1.54, 1.807) is 0 Å². The topological polar surface area (TPSA) is 20.2 Å². The Morgan fingerprint density at radius 1 is 1.42 bits per heavy atom. The summed E-state index contributed by atoms with van der Waals surface area (Å²) in [4.78, 5) is 0. The average molecular weight is 279 g/mol. The van der Waals surface area contributed by atoms with Crippen molar-refractivity contribution in [3.63, 3.8) is 0 Å². The molecule has 1 aliphatic rings. The van der Waals surface area contributed by atoms with Crippen molar-refractivity contribution < 1.29 is 5.11 Å². The minimum Gasteiger partial charge on any atom is -0.385 e. The second-order valence-corrected chi connectivity index (χ2v) is 13.0. The molecule has 0 aliphatic heterocycles. The van der Waals surface area contributed by atoms with Gasteiger partial charge in [-0.15, -0.1) is 6.58 Å². The summed E-state index contributed by atoms with van der Waals surface area (Å²) in [5.41, 5.74) is 2.80. The lowest BCUT2D eigenvalue weighted by atomic mass is 9.73. The molecular formula is C17H30OSi. The van der Waals surface area contributed by atoms with E-state index in [1.807, 2.05) is 0 Å². The first-order valence-electron chi connectivity index (χ1n) is 7.25. The zero-order chi connectivity index (χ0) is 14.8. The summed E-state index contributed by atoms with van der Waals surface area (Å²) in [7, 11) is -1.15. The zero-order valence-electron chi connectivity index (χ0n) is 13.3. The lowest BCUT2D eigenvalue weighted by Crippen LogP contribution is -2.37. The smallest absolute Gasteiger partial charge is 0.0896 e. The molecule has 0 fully saturated rings. The standard InChI is InChI=1S/C17H30OSi/c1-13(2)16-9-8-15(4)17(18,11-16)10-14(3)12-19(5,6)7/h8,16,18H,1,3,9-12H2,2,4-7H3/t16-,17-/m1/s1. The summed E-state index contributed by atoms with van der Waals surface area (Å²) in [6, 6.07) is 1.10. The lowest BCUT2D eigenvalue weighted by Gasteiger charge is -2.38. The third kappa shape index (κ3) is 4.77. The van der Waals surface area contributed by atoms with Crippen LogP contribution in [0.2, 0.25) is 25.7 Å². The molecule has 0 amide bonds. The van der Waals surface area contributed by atoms with Crippen LogP contribution in [0.3, 0.4) is 0 Å². The Kier molecular flexibility index (Phi) is 5.02. The highest BCUT2D eigenvalue weighted by Gasteiger charge is 2.36. The van der Waals surface area contributed by atoms with E-state index in [0.717, 1.165) is 24.5 Å². The minimum atomic E-state index is -1.15. The van der Waals surface area contributed by atoms with E-state index < -0.39 is 13.7 Å². The quantitative estimate of drug-likeness (QED) is 0.558. The molecular weight excluding hydrogens is 248 g/mol. The maximum absolute atomic E-state index is 11.0. The summed E-state index contributed by atoms with van der Waals surface area (Å²) in [6.45, 7) is 19.4.